The number of ether oxygens (including phenoxy) is 1. The van der Waals surface area contributed by atoms with E-state index in [1.165, 1.54) is 0 Å². The molecule has 1 amide bonds. The van der Waals surface area contributed by atoms with Crippen molar-refractivity contribution >= 4 is 6.09 Å². The zero-order chi connectivity index (χ0) is 13.1. The molecule has 3 N–H and O–H groups in total. The molecule has 0 heterocycles. The molecule has 4 nitrogen and oxygen atoms in total. The van der Waals surface area contributed by atoms with Crippen LogP contribution in [0.15, 0.2) is 0 Å². The Hall–Kier alpha value is -0.770. The van der Waals surface area contributed by atoms with E-state index in [1.54, 1.807) is 0 Å². The van der Waals surface area contributed by atoms with Gasteiger partial charge in [-0.1, -0.05) is 20.8 Å². The van der Waals surface area contributed by atoms with Gasteiger partial charge in [0.15, 0.2) is 0 Å². The van der Waals surface area contributed by atoms with Crippen molar-refractivity contribution in [3.63, 3.8) is 0 Å². The van der Waals surface area contributed by atoms with E-state index in [2.05, 4.69) is 5.32 Å². The van der Waals surface area contributed by atoms with Gasteiger partial charge >= 0.3 is 6.09 Å². The highest BCUT2D eigenvalue weighted by molar-refractivity contribution is 5.68. The second-order valence-electron chi connectivity index (χ2n) is 6.33. The van der Waals surface area contributed by atoms with Crippen LogP contribution in [0.25, 0.3) is 0 Å². The Balaban J connectivity index is 4.26. The number of nitrogens with one attached hydrogen (secondary N) is 1. The molecule has 0 aliphatic rings. The largest absolute Gasteiger partial charge is 0.444 e. The van der Waals surface area contributed by atoms with Gasteiger partial charge in [-0.05, 0) is 33.1 Å². The van der Waals surface area contributed by atoms with Gasteiger partial charge in [0.2, 0.25) is 0 Å². The first-order chi connectivity index (χ1) is 6.93. The molecule has 0 fully saturated rings. The molecule has 0 unspecified atom stereocenters. The predicted molar refractivity (Wildman–Crippen MR) is 66.3 cm³/mol. The Labute approximate surface area is 98.9 Å². The van der Waals surface area contributed by atoms with Crippen LogP contribution in [-0.2, 0) is 4.74 Å². The van der Waals surface area contributed by atoms with E-state index in [-0.39, 0.29) is 17.5 Å². The lowest BCUT2D eigenvalue weighted by atomic mass is 9.83. The molecule has 0 aromatic heterocycles. The van der Waals surface area contributed by atoms with Crippen molar-refractivity contribution in [2.24, 2.45) is 11.1 Å². The van der Waals surface area contributed by atoms with Gasteiger partial charge in [0.1, 0.15) is 5.60 Å². The summed E-state index contributed by atoms with van der Waals surface area (Å²) in [7, 11) is 0. The molecule has 0 saturated carbocycles. The predicted octanol–water partition coefficient (Wildman–Crippen LogP) is 2.27. The number of nitrogens with two attached hydrogens (primary N) is 1. The fourth-order valence-electron chi connectivity index (χ4n) is 1.33. The Morgan fingerprint density at radius 2 is 1.62 bits per heavy atom. The minimum absolute atomic E-state index is 0.0472. The summed E-state index contributed by atoms with van der Waals surface area (Å²) in [5.41, 5.74) is 5.51. The lowest BCUT2D eigenvalue weighted by Crippen LogP contribution is -2.52. The zero-order valence-corrected chi connectivity index (χ0v) is 11.5. The summed E-state index contributed by atoms with van der Waals surface area (Å²) in [6, 6.07) is -0.227. The maximum absolute atomic E-state index is 11.5. The first-order valence-electron chi connectivity index (χ1n) is 5.68. The van der Waals surface area contributed by atoms with E-state index in [1.807, 2.05) is 48.5 Å². The molecule has 0 rings (SSSR count). The Kier molecular flexibility index (Phi) is 4.80. The Morgan fingerprint density at radius 3 is 1.94 bits per heavy atom. The molecule has 96 valence electrons. The van der Waals surface area contributed by atoms with E-state index in [0.29, 0.717) is 0 Å². The summed E-state index contributed by atoms with van der Waals surface area (Å²) in [6.45, 7) is 13.5. The molecule has 0 aliphatic carbocycles. The molecule has 2 atom stereocenters. The van der Waals surface area contributed by atoms with Gasteiger partial charge < -0.3 is 15.8 Å². The fraction of sp³-hybridized carbons (Fsp3) is 0.917. The molecule has 0 saturated heterocycles. The highest BCUT2D eigenvalue weighted by Gasteiger charge is 2.28. The van der Waals surface area contributed by atoms with Crippen molar-refractivity contribution in [3.8, 4) is 0 Å². The van der Waals surface area contributed by atoms with E-state index < -0.39 is 11.7 Å². The summed E-state index contributed by atoms with van der Waals surface area (Å²) in [5, 5.41) is 2.76. The van der Waals surface area contributed by atoms with Crippen LogP contribution >= 0.6 is 0 Å². The maximum Gasteiger partial charge on any atom is 0.407 e. The molecule has 16 heavy (non-hydrogen) atoms. The first-order valence-corrected chi connectivity index (χ1v) is 5.68. The average molecular weight is 230 g/mol. The van der Waals surface area contributed by atoms with Crippen LogP contribution in [0, 0.1) is 5.41 Å². The van der Waals surface area contributed by atoms with Crippen molar-refractivity contribution < 1.29 is 9.53 Å². The Morgan fingerprint density at radius 1 is 1.19 bits per heavy atom. The molecule has 0 aliphatic heterocycles. The molecule has 0 aromatic rings. The molecular formula is C12H26N2O2. The van der Waals surface area contributed by atoms with Gasteiger partial charge in [-0.25, -0.2) is 4.79 Å². The summed E-state index contributed by atoms with van der Waals surface area (Å²) in [4.78, 5) is 11.5. The lowest BCUT2D eigenvalue weighted by molar-refractivity contribution is 0.0489. The summed E-state index contributed by atoms with van der Waals surface area (Å²) < 4.78 is 5.17. The van der Waals surface area contributed by atoms with Gasteiger partial charge in [-0.3, -0.25) is 0 Å². The smallest absolute Gasteiger partial charge is 0.407 e. The van der Waals surface area contributed by atoms with Crippen molar-refractivity contribution in [1.29, 1.82) is 0 Å². The SMILES string of the molecule is C[C@H](NC(=O)OC(C)(C)C)[C@H](N)C(C)(C)C. The van der Waals surface area contributed by atoms with Gasteiger partial charge in [-0.2, -0.15) is 0 Å². The van der Waals surface area contributed by atoms with Crippen LogP contribution in [0.4, 0.5) is 4.79 Å². The maximum atomic E-state index is 11.5. The van der Waals surface area contributed by atoms with Gasteiger partial charge in [0.05, 0.1) is 0 Å². The average Bonchev–Trinajstić information content (AvgIpc) is 1.96. The van der Waals surface area contributed by atoms with E-state index >= 15 is 0 Å². The highest BCUT2D eigenvalue weighted by atomic mass is 16.6. The minimum Gasteiger partial charge on any atom is -0.444 e. The van der Waals surface area contributed by atoms with Crippen molar-refractivity contribution in [2.45, 2.75) is 66.2 Å². The van der Waals surface area contributed by atoms with Gasteiger partial charge in [0, 0.05) is 12.1 Å². The lowest BCUT2D eigenvalue weighted by Gasteiger charge is -2.33. The normalized spacial score (nSPS) is 16.5. The number of rotatable bonds is 2. The van der Waals surface area contributed by atoms with E-state index in [0.717, 1.165) is 0 Å². The summed E-state index contributed by atoms with van der Waals surface area (Å²) in [6.07, 6.45) is -0.417. The van der Waals surface area contributed by atoms with Crippen LogP contribution in [0.2, 0.25) is 0 Å². The third-order valence-corrected chi connectivity index (χ3v) is 2.28. The van der Waals surface area contributed by atoms with Crippen molar-refractivity contribution in [3.05, 3.63) is 0 Å². The monoisotopic (exact) mass is 230 g/mol. The van der Waals surface area contributed by atoms with Crippen molar-refractivity contribution in [1.82, 2.24) is 5.32 Å². The molecule has 0 aromatic carbocycles. The van der Waals surface area contributed by atoms with Gasteiger partial charge in [-0.15, -0.1) is 0 Å². The number of hydrogen-bond donors (Lipinski definition) is 2. The second kappa shape index (κ2) is 5.04. The summed E-state index contributed by atoms with van der Waals surface area (Å²) >= 11 is 0. The van der Waals surface area contributed by atoms with Crippen LogP contribution in [-0.4, -0.2) is 23.8 Å². The second-order valence-corrected chi connectivity index (χ2v) is 6.33. The van der Waals surface area contributed by atoms with Gasteiger partial charge in [0.25, 0.3) is 0 Å². The number of alkyl carbamates (subject to hydrolysis) is 1. The number of carbonyl (C=O) groups is 1. The van der Waals surface area contributed by atoms with Crippen molar-refractivity contribution in [2.75, 3.05) is 0 Å². The summed E-state index contributed by atoms with van der Waals surface area (Å²) in [5.74, 6) is 0. The minimum atomic E-state index is -0.477. The van der Waals surface area contributed by atoms with Crippen LogP contribution in [0.3, 0.4) is 0 Å². The molecule has 4 heteroatoms. The molecule has 0 bridgehead atoms. The van der Waals surface area contributed by atoms with Crippen LogP contribution in [0.5, 0.6) is 0 Å². The number of hydrogen-bond acceptors (Lipinski definition) is 3. The third kappa shape index (κ3) is 5.95. The number of carbonyl (C=O) groups excluding carboxylic acids is 1. The molecular weight excluding hydrogens is 204 g/mol. The van der Waals surface area contributed by atoms with E-state index in [9.17, 15) is 4.79 Å². The highest BCUT2D eigenvalue weighted by Crippen LogP contribution is 2.20. The third-order valence-electron chi connectivity index (χ3n) is 2.28. The van der Waals surface area contributed by atoms with Crippen LogP contribution in [0.1, 0.15) is 48.5 Å². The zero-order valence-electron chi connectivity index (χ0n) is 11.5. The quantitative estimate of drug-likeness (QED) is 0.765. The molecule has 0 spiro atoms. The van der Waals surface area contributed by atoms with E-state index in [4.69, 9.17) is 10.5 Å². The first kappa shape index (κ1) is 15.2. The standard InChI is InChI=1S/C12H26N2O2/c1-8(9(13)11(2,3)4)14-10(15)16-12(5,6)7/h8-9H,13H2,1-7H3,(H,14,15)/t8-,9-/m0/s1. The molecule has 0 radical (unpaired) electrons. The fourth-order valence-corrected chi connectivity index (χ4v) is 1.33. The number of amides is 1. The van der Waals surface area contributed by atoms with Crippen LogP contribution < -0.4 is 11.1 Å². The Bertz CT molecular complexity index is 238. The topological polar surface area (TPSA) is 64.3 Å².